The first kappa shape index (κ1) is 19.7. The fourth-order valence-electron chi connectivity index (χ4n) is 3.08. The van der Waals surface area contributed by atoms with E-state index in [9.17, 15) is 0 Å². The van der Waals surface area contributed by atoms with Crippen LogP contribution in [0.5, 0.6) is 5.88 Å². The van der Waals surface area contributed by atoms with Crippen LogP contribution < -0.4 is 15.4 Å². The molecule has 0 fully saturated rings. The van der Waals surface area contributed by atoms with Crippen LogP contribution in [0.15, 0.2) is 47.5 Å². The van der Waals surface area contributed by atoms with Crippen LogP contribution in [0.4, 0.5) is 0 Å². The molecule has 0 aliphatic heterocycles. The number of hydrogen-bond acceptors (Lipinski definition) is 4. The molecule has 0 aliphatic rings. The summed E-state index contributed by atoms with van der Waals surface area (Å²) in [5, 5.41) is 6.67. The SMILES string of the molecule is CCNC(=NCc1cccc(OC)n1)NCCCn1c(C)nc2ccccc21. The maximum Gasteiger partial charge on any atom is 0.213 e. The Hall–Kier alpha value is -3.09. The molecule has 0 amide bonds. The van der Waals surface area contributed by atoms with Crippen LogP contribution in [0.1, 0.15) is 24.9 Å². The molecule has 3 rings (SSSR count). The number of pyridine rings is 1. The van der Waals surface area contributed by atoms with Crippen molar-refractivity contribution in [3.8, 4) is 5.88 Å². The zero-order valence-electron chi connectivity index (χ0n) is 16.8. The number of aromatic nitrogens is 3. The third kappa shape index (κ3) is 5.00. The van der Waals surface area contributed by atoms with Crippen molar-refractivity contribution >= 4 is 17.0 Å². The summed E-state index contributed by atoms with van der Waals surface area (Å²) in [6.07, 6.45) is 0.975. The summed E-state index contributed by atoms with van der Waals surface area (Å²) in [5.41, 5.74) is 3.11. The zero-order valence-corrected chi connectivity index (χ0v) is 16.8. The van der Waals surface area contributed by atoms with Gasteiger partial charge in [-0.15, -0.1) is 0 Å². The van der Waals surface area contributed by atoms with Gasteiger partial charge in [-0.1, -0.05) is 18.2 Å². The molecule has 148 valence electrons. The topological polar surface area (TPSA) is 76.4 Å². The molecule has 0 atom stereocenters. The van der Waals surface area contributed by atoms with Crippen molar-refractivity contribution in [2.24, 2.45) is 4.99 Å². The normalized spacial score (nSPS) is 11.6. The van der Waals surface area contributed by atoms with Gasteiger partial charge < -0.3 is 19.9 Å². The quantitative estimate of drug-likeness (QED) is 0.357. The lowest BCUT2D eigenvalue weighted by atomic mass is 10.3. The lowest BCUT2D eigenvalue weighted by Crippen LogP contribution is -2.38. The van der Waals surface area contributed by atoms with Crippen molar-refractivity contribution in [2.45, 2.75) is 33.4 Å². The molecule has 0 radical (unpaired) electrons. The Morgan fingerprint density at radius 3 is 2.79 bits per heavy atom. The maximum atomic E-state index is 5.17. The Kier molecular flexibility index (Phi) is 6.84. The molecule has 0 spiro atoms. The first-order chi connectivity index (χ1) is 13.7. The Bertz CT molecular complexity index is 934. The van der Waals surface area contributed by atoms with E-state index in [-0.39, 0.29) is 0 Å². The summed E-state index contributed by atoms with van der Waals surface area (Å²) in [7, 11) is 1.62. The number of rotatable bonds is 8. The van der Waals surface area contributed by atoms with Gasteiger partial charge in [-0.05, 0) is 38.5 Å². The minimum atomic E-state index is 0.498. The average molecular weight is 380 g/mol. The second-order valence-electron chi connectivity index (χ2n) is 6.45. The van der Waals surface area contributed by atoms with Gasteiger partial charge in [-0.3, -0.25) is 0 Å². The highest BCUT2D eigenvalue weighted by atomic mass is 16.5. The van der Waals surface area contributed by atoms with E-state index in [0.29, 0.717) is 12.4 Å². The Morgan fingerprint density at radius 1 is 1.11 bits per heavy atom. The van der Waals surface area contributed by atoms with Gasteiger partial charge in [0.15, 0.2) is 5.96 Å². The predicted molar refractivity (Wildman–Crippen MR) is 113 cm³/mol. The molecule has 0 saturated heterocycles. The third-order valence-corrected chi connectivity index (χ3v) is 4.43. The summed E-state index contributed by atoms with van der Waals surface area (Å²) in [6, 6.07) is 14.0. The zero-order chi connectivity index (χ0) is 19.8. The van der Waals surface area contributed by atoms with E-state index in [1.54, 1.807) is 7.11 Å². The van der Waals surface area contributed by atoms with Crippen molar-refractivity contribution in [3.05, 3.63) is 54.0 Å². The van der Waals surface area contributed by atoms with Crippen LogP contribution in [0, 0.1) is 6.92 Å². The summed E-state index contributed by atoms with van der Waals surface area (Å²) in [5.74, 6) is 2.44. The van der Waals surface area contributed by atoms with Crippen LogP contribution in [-0.2, 0) is 13.1 Å². The number of hydrogen-bond donors (Lipinski definition) is 2. The molecule has 7 heteroatoms. The molecule has 3 aromatic rings. The number of aryl methyl sites for hydroxylation is 2. The molecule has 2 aromatic heterocycles. The van der Waals surface area contributed by atoms with Gasteiger partial charge in [0.2, 0.25) is 5.88 Å². The number of guanidine groups is 1. The van der Waals surface area contributed by atoms with Crippen LogP contribution in [0.3, 0.4) is 0 Å². The summed E-state index contributed by atoms with van der Waals surface area (Å²) < 4.78 is 7.43. The lowest BCUT2D eigenvalue weighted by molar-refractivity contribution is 0.396. The van der Waals surface area contributed by atoms with E-state index in [1.807, 2.05) is 24.3 Å². The van der Waals surface area contributed by atoms with Gasteiger partial charge in [-0.2, -0.15) is 0 Å². The van der Waals surface area contributed by atoms with Crippen LogP contribution >= 0.6 is 0 Å². The number of nitrogens with one attached hydrogen (secondary N) is 2. The minimum Gasteiger partial charge on any atom is -0.481 e. The number of ether oxygens (including phenoxy) is 1. The second-order valence-corrected chi connectivity index (χ2v) is 6.45. The summed E-state index contributed by atoms with van der Waals surface area (Å²) >= 11 is 0. The molecule has 2 N–H and O–H groups in total. The number of benzene rings is 1. The van der Waals surface area contributed by atoms with E-state index in [2.05, 4.69) is 62.2 Å². The molecule has 1 aromatic carbocycles. The largest absolute Gasteiger partial charge is 0.481 e. The smallest absolute Gasteiger partial charge is 0.213 e. The Balaban J connectivity index is 1.55. The molecular weight excluding hydrogens is 352 g/mol. The van der Waals surface area contributed by atoms with Gasteiger partial charge in [-0.25, -0.2) is 15.0 Å². The molecular formula is C21H28N6O. The van der Waals surface area contributed by atoms with E-state index in [4.69, 9.17) is 4.74 Å². The number of methoxy groups -OCH3 is 1. The Morgan fingerprint density at radius 2 is 1.96 bits per heavy atom. The number of para-hydroxylation sites is 2. The Labute approximate surface area is 165 Å². The molecule has 0 unspecified atom stereocenters. The molecule has 7 nitrogen and oxygen atoms in total. The molecule has 28 heavy (non-hydrogen) atoms. The van der Waals surface area contributed by atoms with Crippen molar-refractivity contribution in [2.75, 3.05) is 20.2 Å². The first-order valence-electron chi connectivity index (χ1n) is 9.65. The lowest BCUT2D eigenvalue weighted by Gasteiger charge is -2.12. The fourth-order valence-corrected chi connectivity index (χ4v) is 3.08. The third-order valence-electron chi connectivity index (χ3n) is 4.43. The van der Waals surface area contributed by atoms with Gasteiger partial charge in [0.05, 0.1) is 30.4 Å². The summed E-state index contributed by atoms with van der Waals surface area (Å²) in [4.78, 5) is 13.6. The van der Waals surface area contributed by atoms with Crippen molar-refractivity contribution in [1.82, 2.24) is 25.2 Å². The predicted octanol–water partition coefficient (Wildman–Crippen LogP) is 2.89. The number of nitrogens with zero attached hydrogens (tertiary/aromatic N) is 4. The molecule has 0 saturated carbocycles. The molecule has 0 bridgehead atoms. The average Bonchev–Trinajstić information content (AvgIpc) is 3.04. The first-order valence-corrected chi connectivity index (χ1v) is 9.65. The number of imidazole rings is 1. The van der Waals surface area contributed by atoms with Crippen LogP contribution in [-0.4, -0.2) is 40.7 Å². The minimum absolute atomic E-state index is 0.498. The van der Waals surface area contributed by atoms with Crippen molar-refractivity contribution in [1.29, 1.82) is 0 Å². The molecule has 0 aliphatic carbocycles. The summed E-state index contributed by atoms with van der Waals surface area (Å²) in [6.45, 7) is 7.15. The fraction of sp³-hybridized carbons (Fsp3) is 0.381. The van der Waals surface area contributed by atoms with E-state index >= 15 is 0 Å². The number of aliphatic imine (C=N–C) groups is 1. The molecule has 2 heterocycles. The highest BCUT2D eigenvalue weighted by Gasteiger charge is 2.06. The highest BCUT2D eigenvalue weighted by molar-refractivity contribution is 5.79. The van der Waals surface area contributed by atoms with E-state index < -0.39 is 0 Å². The van der Waals surface area contributed by atoms with Crippen LogP contribution in [0.25, 0.3) is 11.0 Å². The van der Waals surface area contributed by atoms with Gasteiger partial charge in [0.1, 0.15) is 5.82 Å². The number of fused-ring (bicyclic) bond motifs is 1. The van der Waals surface area contributed by atoms with E-state index in [0.717, 1.165) is 49.0 Å². The highest BCUT2D eigenvalue weighted by Crippen LogP contribution is 2.15. The monoisotopic (exact) mass is 380 g/mol. The van der Waals surface area contributed by atoms with Gasteiger partial charge in [0.25, 0.3) is 0 Å². The van der Waals surface area contributed by atoms with Gasteiger partial charge in [0, 0.05) is 25.7 Å². The standard InChI is InChI=1S/C21H28N6O/c1-4-22-21(24-15-17-9-7-12-20(26-17)28-3)23-13-8-14-27-16(2)25-18-10-5-6-11-19(18)27/h5-7,9-12H,4,8,13-15H2,1-3H3,(H2,22,23,24). The second kappa shape index (κ2) is 9.73. The van der Waals surface area contributed by atoms with E-state index in [1.165, 1.54) is 5.52 Å². The van der Waals surface area contributed by atoms with Crippen molar-refractivity contribution < 1.29 is 4.74 Å². The van der Waals surface area contributed by atoms with Crippen LogP contribution in [0.2, 0.25) is 0 Å². The maximum absolute atomic E-state index is 5.17. The van der Waals surface area contributed by atoms with Gasteiger partial charge >= 0.3 is 0 Å². The van der Waals surface area contributed by atoms with Crippen molar-refractivity contribution in [3.63, 3.8) is 0 Å².